The summed E-state index contributed by atoms with van der Waals surface area (Å²) in [6.45, 7) is 8.83. The molecule has 2 aromatic carbocycles. The molecular formula is C57H76ClF3N10O14S. The maximum Gasteiger partial charge on any atom is 0.418 e. The van der Waals surface area contributed by atoms with Crippen molar-refractivity contribution in [1.29, 1.82) is 0 Å². The molecule has 0 radical (unpaired) electrons. The summed E-state index contributed by atoms with van der Waals surface area (Å²) in [7, 11) is 4.33. The van der Waals surface area contributed by atoms with Crippen molar-refractivity contribution >= 4 is 87.7 Å². The van der Waals surface area contributed by atoms with Crippen LogP contribution in [0.5, 0.6) is 5.75 Å². The molecule has 10 N–H and O–H groups in total. The number of hydrogen-bond acceptors (Lipinski definition) is 16. The number of alkyl halides is 3. The number of aliphatic hydroxyl groups is 1. The van der Waals surface area contributed by atoms with Gasteiger partial charge >= 0.3 is 18.3 Å². The number of urea groups is 1. The van der Waals surface area contributed by atoms with Crippen LogP contribution in [0.15, 0.2) is 66.3 Å². The van der Waals surface area contributed by atoms with Crippen LogP contribution >= 0.6 is 23.8 Å². The molecule has 4 heterocycles. The number of halogens is 4. The number of ether oxygens (including phenoxy) is 6. The number of nitrogens with one attached hydrogen (secondary N) is 7. The van der Waals surface area contributed by atoms with E-state index in [0.717, 1.165) is 22.6 Å². The SMILES string of the molecule is COc1cc2cc(c1Cl)N(C)C(=O)C[C@H](OC(=O)Nc1ccc(NC(=O)[C@H](CCCNC(N)=O)NC(=O)[C@@H](NC(=S)NCCCCN3C(=O)C=CC3=O)C(C)C)c(C(F)(F)F)c1)[C@]1(C)O[C@H]1[C@H](C)[C@@H]1C[C@@](O)(NCOCO1)[C@H](OC)/C=C/C=C(\C)C2. The Hall–Kier alpha value is -6.92. The first-order valence-electron chi connectivity index (χ1n) is 27.8. The zero-order valence-corrected chi connectivity index (χ0v) is 50.6. The van der Waals surface area contributed by atoms with E-state index in [1.165, 1.54) is 38.3 Å². The van der Waals surface area contributed by atoms with Crippen LogP contribution in [0, 0.1) is 11.8 Å². The number of nitrogens with zero attached hydrogens (tertiary/aromatic N) is 2. The molecule has 86 heavy (non-hydrogen) atoms. The van der Waals surface area contributed by atoms with Gasteiger partial charge in [-0.15, -0.1) is 0 Å². The summed E-state index contributed by atoms with van der Waals surface area (Å²) in [5.41, 5.74) is 1.26. The third-order valence-electron chi connectivity index (χ3n) is 15.1. The second-order valence-corrected chi connectivity index (χ2v) is 22.6. The van der Waals surface area contributed by atoms with Gasteiger partial charge in [-0.05, 0) is 100.0 Å². The zero-order chi connectivity index (χ0) is 63.3. The normalized spacial score (nSPS) is 25.3. The summed E-state index contributed by atoms with van der Waals surface area (Å²) >= 11 is 12.3. The Morgan fingerprint density at radius 3 is 2.37 bits per heavy atom. The minimum Gasteiger partial charge on any atom is -0.495 e. The molecule has 4 bridgehead atoms. The van der Waals surface area contributed by atoms with Gasteiger partial charge < -0.3 is 70.7 Å². The first-order valence-corrected chi connectivity index (χ1v) is 28.6. The molecule has 0 saturated carbocycles. The second-order valence-electron chi connectivity index (χ2n) is 21.8. The van der Waals surface area contributed by atoms with Gasteiger partial charge in [0.15, 0.2) is 5.11 Å². The lowest BCUT2D eigenvalue weighted by molar-refractivity contribution is -0.198. The molecule has 4 aliphatic rings. The molecule has 0 unspecified atom stereocenters. The Kier molecular flexibility index (Phi) is 23.9. The number of amides is 8. The van der Waals surface area contributed by atoms with E-state index in [2.05, 4.69) is 37.2 Å². The lowest BCUT2D eigenvalue weighted by Crippen LogP contribution is -2.59. The van der Waals surface area contributed by atoms with Crippen LogP contribution in [0.25, 0.3) is 0 Å². The lowest BCUT2D eigenvalue weighted by atomic mass is 9.84. The molecule has 9 atom stereocenters. The largest absolute Gasteiger partial charge is 0.495 e. The maximum atomic E-state index is 15.1. The molecule has 0 aromatic heterocycles. The zero-order valence-electron chi connectivity index (χ0n) is 49.0. The van der Waals surface area contributed by atoms with Crippen LogP contribution in [0.1, 0.15) is 84.3 Å². The molecular weight excluding hydrogens is 1170 g/mol. The molecule has 24 nitrogen and oxygen atoms in total. The Bertz CT molecular complexity index is 2920. The van der Waals surface area contributed by atoms with Gasteiger partial charge in [0.1, 0.15) is 59.9 Å². The van der Waals surface area contributed by atoms with Gasteiger partial charge in [0.2, 0.25) is 17.7 Å². The lowest BCUT2D eigenvalue weighted by Gasteiger charge is -2.40. The highest BCUT2D eigenvalue weighted by molar-refractivity contribution is 7.80. The van der Waals surface area contributed by atoms with Crippen LogP contribution in [0.2, 0.25) is 5.02 Å². The summed E-state index contributed by atoms with van der Waals surface area (Å²) < 4.78 is 80.6. The standard InChI is InChI=1S/C57H76ClF3N10O14S/c1-31(2)48(69-53(86)64-20-9-10-22-71-44(72)18-19-45(71)73)51(76)68-38(14-12-21-63-52(62)77)50(75)67-37-17-16-35(26-36(37)57(59,60)61)66-54(78)84-43-27-46(74)70(6)39-24-34(25-40(80-7)47(39)58)23-32(3)13-11-15-42(81-8)56(79)28-41(83-30-82-29-65-56)33(4)49-55(43,5)85-49/h11,13,15-19,24-26,31,33,38,41-43,48-49,65,79H,9-10,12,14,20-23,27-30H2,1-8H3,(H,66,78)(H,67,75)(H,68,76)(H3,62,63,77)(H2,64,69,86)/b15-11+,32-13+/t33-,38+,41+,42-,43+,48+,49+,55+,56+/m1/s1. The van der Waals surface area contributed by atoms with E-state index in [4.69, 9.17) is 58.0 Å². The second kappa shape index (κ2) is 30.1. The molecule has 2 fully saturated rings. The van der Waals surface area contributed by atoms with E-state index < -0.39 is 131 Å². The number of imide groups is 1. The molecule has 29 heteroatoms. The molecule has 0 spiro atoms. The Labute approximate surface area is 506 Å². The number of fused-ring (bicyclic) bond motifs is 5. The fourth-order valence-corrected chi connectivity index (χ4v) is 10.8. The Morgan fingerprint density at radius 2 is 1.71 bits per heavy atom. The minimum atomic E-state index is -5.15. The number of thiocarbonyl (C=S) groups is 1. The van der Waals surface area contributed by atoms with Gasteiger partial charge in [0.05, 0.1) is 42.7 Å². The van der Waals surface area contributed by atoms with Crippen molar-refractivity contribution in [2.24, 2.45) is 17.6 Å². The average Bonchev–Trinajstić information content (AvgIpc) is 1.60. The highest BCUT2D eigenvalue weighted by Crippen LogP contribution is 2.49. The maximum absolute atomic E-state index is 15.1. The summed E-state index contributed by atoms with van der Waals surface area (Å²) in [5.74, 6) is -4.01. The molecule has 6 rings (SSSR count). The monoisotopic (exact) mass is 1250 g/mol. The van der Waals surface area contributed by atoms with Crippen molar-refractivity contribution in [3.63, 3.8) is 0 Å². The van der Waals surface area contributed by atoms with Crippen molar-refractivity contribution < 1.29 is 80.3 Å². The fourth-order valence-electron chi connectivity index (χ4n) is 10.2. The van der Waals surface area contributed by atoms with Crippen molar-refractivity contribution in [3.05, 3.63) is 82.4 Å². The highest BCUT2D eigenvalue weighted by Gasteiger charge is 2.64. The smallest absolute Gasteiger partial charge is 0.418 e. The predicted octanol–water partition coefficient (Wildman–Crippen LogP) is 5.27. The van der Waals surface area contributed by atoms with Gasteiger partial charge in [0, 0.05) is 64.0 Å². The average molecular weight is 1250 g/mol. The topological polar surface area (TPSA) is 315 Å². The van der Waals surface area contributed by atoms with E-state index in [1.807, 2.05) is 13.0 Å². The van der Waals surface area contributed by atoms with Gasteiger partial charge in [-0.2, -0.15) is 13.2 Å². The van der Waals surface area contributed by atoms with E-state index in [0.29, 0.717) is 37.4 Å². The first-order chi connectivity index (χ1) is 40.6. The fraction of sp³-hybridized carbons (Fsp3) is 0.544. The van der Waals surface area contributed by atoms with Crippen LogP contribution in [0.4, 0.5) is 39.8 Å². The quantitative estimate of drug-likeness (QED) is 0.0374. The molecule has 0 aliphatic carbocycles. The number of anilines is 3. The number of carbonyl (C=O) groups excluding carboxylic acids is 7. The Morgan fingerprint density at radius 1 is 1.00 bits per heavy atom. The van der Waals surface area contributed by atoms with Gasteiger partial charge in [0.25, 0.3) is 11.8 Å². The summed E-state index contributed by atoms with van der Waals surface area (Å²) in [5, 5.41) is 30.7. The van der Waals surface area contributed by atoms with Crippen molar-refractivity contribution in [2.45, 2.75) is 134 Å². The van der Waals surface area contributed by atoms with Gasteiger partial charge in [-0.1, -0.05) is 56.2 Å². The molecule has 2 saturated heterocycles. The highest BCUT2D eigenvalue weighted by atomic mass is 35.5. The number of carbonyl (C=O) groups is 7. The number of methoxy groups -OCH3 is 2. The van der Waals surface area contributed by atoms with Crippen molar-refractivity contribution in [3.8, 4) is 5.75 Å². The summed E-state index contributed by atoms with van der Waals surface area (Å²) in [4.78, 5) is 94.0. The number of benzene rings is 2. The van der Waals surface area contributed by atoms with Crippen molar-refractivity contribution in [2.75, 3.05) is 70.0 Å². The molecule has 4 aliphatic heterocycles. The molecule has 8 amide bonds. The Balaban J connectivity index is 1.22. The predicted molar refractivity (Wildman–Crippen MR) is 314 cm³/mol. The van der Waals surface area contributed by atoms with Gasteiger partial charge in [-0.3, -0.25) is 39.5 Å². The van der Waals surface area contributed by atoms with E-state index in [9.17, 15) is 38.7 Å². The number of allylic oxidation sites excluding steroid dienone is 3. The van der Waals surface area contributed by atoms with Crippen LogP contribution in [-0.4, -0.2) is 159 Å². The van der Waals surface area contributed by atoms with Crippen LogP contribution in [-0.2, 0) is 60.3 Å². The summed E-state index contributed by atoms with van der Waals surface area (Å²) in [6.07, 6.45) is -2.16. The van der Waals surface area contributed by atoms with Gasteiger partial charge in [-0.25, -0.2) is 9.59 Å². The molecule has 2 aromatic rings. The minimum absolute atomic E-state index is 0.0411. The molecule has 472 valence electrons. The van der Waals surface area contributed by atoms with E-state index >= 15 is 13.2 Å². The van der Waals surface area contributed by atoms with E-state index in [1.54, 1.807) is 52.0 Å². The number of epoxide rings is 1. The third kappa shape index (κ3) is 18.1. The number of hydrogen-bond donors (Lipinski definition) is 9. The van der Waals surface area contributed by atoms with Crippen LogP contribution < -0.4 is 52.6 Å². The third-order valence-corrected chi connectivity index (χ3v) is 15.8. The number of primary amides is 1. The van der Waals surface area contributed by atoms with E-state index in [-0.39, 0.29) is 67.4 Å². The first kappa shape index (κ1) is 68.2. The number of unbranched alkanes of at least 4 members (excludes halogenated alkanes) is 1. The number of nitrogens with two attached hydrogens (primary N) is 1. The summed E-state index contributed by atoms with van der Waals surface area (Å²) in [6, 6.07) is 2.55. The van der Waals surface area contributed by atoms with Crippen molar-refractivity contribution in [1.82, 2.24) is 31.5 Å². The number of rotatable bonds is 19. The van der Waals surface area contributed by atoms with Crippen LogP contribution in [0.3, 0.4) is 0 Å².